The normalized spacial score (nSPS) is 11.8. The van der Waals surface area contributed by atoms with E-state index in [1.165, 1.54) is 141 Å². The molecule has 0 aliphatic heterocycles. The van der Waals surface area contributed by atoms with Crippen LogP contribution in [0.25, 0.3) is 0 Å². The predicted octanol–water partition coefficient (Wildman–Crippen LogP) is 12.6. The number of hydrogen-bond acceptors (Lipinski definition) is 1. The molecule has 0 N–H and O–H groups in total. The fraction of sp³-hybridized carbons (Fsp3) is 0.857. The van der Waals surface area contributed by atoms with Crippen molar-refractivity contribution in [1.82, 2.24) is 0 Å². The summed E-state index contributed by atoms with van der Waals surface area (Å²) in [6, 6.07) is 0. The number of rotatable bonds is 30. The van der Waals surface area contributed by atoms with Crippen LogP contribution in [-0.2, 0) is 4.79 Å². The molecular weight excluding hydrogens is 436 g/mol. The Balaban J connectivity index is 3.27. The van der Waals surface area contributed by atoms with Crippen molar-refractivity contribution >= 4 is 5.78 Å². The molecule has 0 unspecified atom stereocenters. The summed E-state index contributed by atoms with van der Waals surface area (Å²) in [5.41, 5.74) is 0. The van der Waals surface area contributed by atoms with Crippen LogP contribution in [0.15, 0.2) is 24.3 Å². The third kappa shape index (κ3) is 31.2. The molecule has 0 aromatic rings. The van der Waals surface area contributed by atoms with E-state index in [1.807, 2.05) is 0 Å². The van der Waals surface area contributed by atoms with Gasteiger partial charge in [-0.1, -0.05) is 141 Å². The number of allylic oxidation sites excluding steroid dienone is 4. The molecule has 212 valence electrons. The standard InChI is InChI=1S/C35H66O/c1-3-5-7-9-11-13-15-17-19-21-23-25-27-29-31-33-35(36)34-32-30-28-26-24-22-20-18-16-14-12-10-8-6-4-2/h23-26H,3-22,27-34H2,1-2H3/b25-23+,26-24+. The molecule has 36 heavy (non-hydrogen) atoms. The molecule has 0 aliphatic rings. The predicted molar refractivity (Wildman–Crippen MR) is 164 cm³/mol. The molecule has 0 spiro atoms. The van der Waals surface area contributed by atoms with E-state index in [4.69, 9.17) is 0 Å². The lowest BCUT2D eigenvalue weighted by atomic mass is 10.0. The Hall–Kier alpha value is -0.850. The zero-order valence-corrected chi connectivity index (χ0v) is 25.0. The Kier molecular flexibility index (Phi) is 31.4. The molecule has 0 rings (SSSR count). The van der Waals surface area contributed by atoms with Gasteiger partial charge in [0.05, 0.1) is 0 Å². The van der Waals surface area contributed by atoms with E-state index in [1.54, 1.807) is 0 Å². The average molecular weight is 503 g/mol. The minimum atomic E-state index is 0.479. The van der Waals surface area contributed by atoms with Gasteiger partial charge in [-0.15, -0.1) is 0 Å². The largest absolute Gasteiger partial charge is 0.300 e. The Morgan fingerprint density at radius 3 is 0.917 bits per heavy atom. The van der Waals surface area contributed by atoms with E-state index >= 15 is 0 Å². The van der Waals surface area contributed by atoms with Gasteiger partial charge in [-0.2, -0.15) is 0 Å². The molecule has 0 saturated heterocycles. The van der Waals surface area contributed by atoms with E-state index < -0.39 is 0 Å². The van der Waals surface area contributed by atoms with Crippen molar-refractivity contribution in [3.63, 3.8) is 0 Å². The second-order valence-electron chi connectivity index (χ2n) is 11.2. The van der Waals surface area contributed by atoms with Gasteiger partial charge >= 0.3 is 0 Å². The summed E-state index contributed by atoms with van der Waals surface area (Å²) in [5.74, 6) is 0.479. The molecule has 0 radical (unpaired) electrons. The molecule has 1 nitrogen and oxygen atoms in total. The fourth-order valence-electron chi connectivity index (χ4n) is 4.91. The van der Waals surface area contributed by atoms with E-state index in [0.717, 1.165) is 38.5 Å². The summed E-state index contributed by atoms with van der Waals surface area (Å²) in [7, 11) is 0. The zero-order chi connectivity index (χ0) is 26.2. The van der Waals surface area contributed by atoms with Crippen LogP contribution in [0.3, 0.4) is 0 Å². The number of carbonyl (C=O) groups is 1. The minimum absolute atomic E-state index is 0.479. The first-order chi connectivity index (χ1) is 17.8. The van der Waals surface area contributed by atoms with Gasteiger partial charge in [0.25, 0.3) is 0 Å². The van der Waals surface area contributed by atoms with Crippen LogP contribution in [0.1, 0.15) is 194 Å². The maximum atomic E-state index is 12.1. The molecule has 0 saturated carbocycles. The Morgan fingerprint density at radius 1 is 0.361 bits per heavy atom. The van der Waals surface area contributed by atoms with Gasteiger partial charge < -0.3 is 0 Å². The van der Waals surface area contributed by atoms with Gasteiger partial charge in [0, 0.05) is 12.8 Å². The molecule has 0 heterocycles. The van der Waals surface area contributed by atoms with E-state index in [0.29, 0.717) is 5.78 Å². The molecule has 0 fully saturated rings. The molecule has 1 heteroatoms. The quantitative estimate of drug-likeness (QED) is 0.0704. The van der Waals surface area contributed by atoms with Gasteiger partial charge in [-0.25, -0.2) is 0 Å². The van der Waals surface area contributed by atoms with Crippen LogP contribution in [0.2, 0.25) is 0 Å². The topological polar surface area (TPSA) is 17.1 Å². The Bertz CT molecular complexity index is 433. The van der Waals surface area contributed by atoms with E-state index in [-0.39, 0.29) is 0 Å². The lowest BCUT2D eigenvalue weighted by Crippen LogP contribution is -1.97. The van der Waals surface area contributed by atoms with Gasteiger partial charge in [-0.05, 0) is 64.2 Å². The highest BCUT2D eigenvalue weighted by atomic mass is 16.1. The lowest BCUT2D eigenvalue weighted by molar-refractivity contribution is -0.119. The van der Waals surface area contributed by atoms with Crippen molar-refractivity contribution in [1.29, 1.82) is 0 Å². The third-order valence-corrected chi connectivity index (χ3v) is 7.43. The number of Topliss-reactive ketones (excluding diaryl/α,β-unsaturated/α-hetero) is 1. The first-order valence-corrected chi connectivity index (χ1v) is 16.6. The van der Waals surface area contributed by atoms with Crippen LogP contribution >= 0.6 is 0 Å². The first-order valence-electron chi connectivity index (χ1n) is 16.6. The maximum Gasteiger partial charge on any atom is 0.132 e. The van der Waals surface area contributed by atoms with Crippen LogP contribution in [-0.4, -0.2) is 5.78 Å². The number of unbranched alkanes of at least 4 members (excludes halogenated alkanes) is 22. The van der Waals surface area contributed by atoms with E-state index in [9.17, 15) is 4.79 Å². The average Bonchev–Trinajstić information content (AvgIpc) is 2.88. The van der Waals surface area contributed by atoms with Gasteiger partial charge in [-0.3, -0.25) is 4.79 Å². The van der Waals surface area contributed by atoms with Crippen LogP contribution in [0.4, 0.5) is 0 Å². The maximum absolute atomic E-state index is 12.1. The number of hydrogen-bond donors (Lipinski definition) is 0. The summed E-state index contributed by atoms with van der Waals surface area (Å²) in [6.07, 6.45) is 45.5. The van der Waals surface area contributed by atoms with Gasteiger partial charge in [0.15, 0.2) is 0 Å². The van der Waals surface area contributed by atoms with Crippen molar-refractivity contribution < 1.29 is 4.79 Å². The molecule has 0 bridgehead atoms. The summed E-state index contributed by atoms with van der Waals surface area (Å²) in [5, 5.41) is 0. The third-order valence-electron chi connectivity index (χ3n) is 7.43. The van der Waals surface area contributed by atoms with Crippen LogP contribution < -0.4 is 0 Å². The number of carbonyl (C=O) groups excluding carboxylic acids is 1. The molecule has 0 aromatic heterocycles. The second kappa shape index (κ2) is 32.2. The minimum Gasteiger partial charge on any atom is -0.300 e. The fourth-order valence-corrected chi connectivity index (χ4v) is 4.91. The summed E-state index contributed by atoms with van der Waals surface area (Å²) >= 11 is 0. The smallest absolute Gasteiger partial charge is 0.132 e. The van der Waals surface area contributed by atoms with E-state index in [2.05, 4.69) is 38.2 Å². The molecule has 0 atom stereocenters. The summed E-state index contributed by atoms with van der Waals surface area (Å²) in [6.45, 7) is 4.57. The van der Waals surface area contributed by atoms with Crippen molar-refractivity contribution in [3.8, 4) is 0 Å². The molecular formula is C35H66O. The highest BCUT2D eigenvalue weighted by molar-refractivity contribution is 5.78. The summed E-state index contributed by atoms with van der Waals surface area (Å²) < 4.78 is 0. The van der Waals surface area contributed by atoms with Crippen molar-refractivity contribution in [2.45, 2.75) is 194 Å². The van der Waals surface area contributed by atoms with Crippen molar-refractivity contribution in [2.75, 3.05) is 0 Å². The molecule has 0 amide bonds. The lowest BCUT2D eigenvalue weighted by Gasteiger charge is -2.01. The highest BCUT2D eigenvalue weighted by Gasteiger charge is 2.01. The highest BCUT2D eigenvalue weighted by Crippen LogP contribution is 2.13. The molecule has 0 aromatic carbocycles. The number of ketones is 1. The summed E-state index contributed by atoms with van der Waals surface area (Å²) in [4.78, 5) is 12.1. The monoisotopic (exact) mass is 503 g/mol. The van der Waals surface area contributed by atoms with Crippen molar-refractivity contribution in [3.05, 3.63) is 24.3 Å². The van der Waals surface area contributed by atoms with Gasteiger partial charge in [0.2, 0.25) is 0 Å². The Labute approximate surface area is 228 Å². The van der Waals surface area contributed by atoms with Crippen molar-refractivity contribution in [2.24, 2.45) is 0 Å². The zero-order valence-electron chi connectivity index (χ0n) is 25.0. The Morgan fingerprint density at radius 2 is 0.611 bits per heavy atom. The second-order valence-corrected chi connectivity index (χ2v) is 11.2. The SMILES string of the molecule is CCCCCCCCCCC/C=C/CCCCC(=O)CCCC/C=C/CCCCCCCCCCC. The van der Waals surface area contributed by atoms with Crippen LogP contribution in [0, 0.1) is 0 Å². The van der Waals surface area contributed by atoms with Crippen LogP contribution in [0.5, 0.6) is 0 Å². The first kappa shape index (κ1) is 35.2. The molecule has 0 aliphatic carbocycles. The van der Waals surface area contributed by atoms with Gasteiger partial charge in [0.1, 0.15) is 5.78 Å².